The van der Waals surface area contributed by atoms with Crippen LogP contribution in [0.15, 0.2) is 46.1 Å². The lowest BCUT2D eigenvalue weighted by Crippen LogP contribution is -2.32. The van der Waals surface area contributed by atoms with E-state index >= 15 is 0 Å². The zero-order chi connectivity index (χ0) is 15.2. The van der Waals surface area contributed by atoms with E-state index in [9.17, 15) is 9.59 Å². The van der Waals surface area contributed by atoms with Crippen molar-refractivity contribution in [2.24, 2.45) is 5.10 Å². The van der Waals surface area contributed by atoms with Crippen LogP contribution in [0, 0.1) is 0 Å². The maximum absolute atomic E-state index is 11.6. The first-order chi connectivity index (χ1) is 10.0. The van der Waals surface area contributed by atoms with Gasteiger partial charge in [-0.25, -0.2) is 5.43 Å². The number of benzene rings is 1. The molecule has 1 aromatic heterocycles. The van der Waals surface area contributed by atoms with Gasteiger partial charge in [-0.2, -0.15) is 5.10 Å². The van der Waals surface area contributed by atoms with E-state index in [0.717, 1.165) is 0 Å². The van der Waals surface area contributed by atoms with E-state index in [4.69, 9.17) is 27.6 Å². The monoisotopic (exact) mass is 325 g/mol. The Morgan fingerprint density at radius 2 is 1.86 bits per heavy atom. The van der Waals surface area contributed by atoms with Crippen molar-refractivity contribution in [2.75, 3.05) is 5.32 Å². The van der Waals surface area contributed by atoms with Gasteiger partial charge in [-0.1, -0.05) is 23.2 Å². The van der Waals surface area contributed by atoms with Crippen LogP contribution in [0.25, 0.3) is 0 Å². The fourth-order valence-corrected chi connectivity index (χ4v) is 1.91. The fourth-order valence-electron chi connectivity index (χ4n) is 1.38. The SMILES string of the molecule is O=C(N/N=C\c1ccco1)C(=O)Nc1cc(Cl)cc(Cl)c1. The zero-order valence-electron chi connectivity index (χ0n) is 10.5. The molecule has 2 aromatic rings. The van der Waals surface area contributed by atoms with Crippen molar-refractivity contribution < 1.29 is 14.0 Å². The van der Waals surface area contributed by atoms with E-state index in [1.165, 1.54) is 30.7 Å². The third kappa shape index (κ3) is 4.62. The van der Waals surface area contributed by atoms with E-state index in [1.54, 1.807) is 12.1 Å². The van der Waals surface area contributed by atoms with E-state index in [1.807, 2.05) is 0 Å². The van der Waals surface area contributed by atoms with E-state index in [0.29, 0.717) is 21.5 Å². The van der Waals surface area contributed by atoms with Crippen LogP contribution in [0.5, 0.6) is 0 Å². The van der Waals surface area contributed by atoms with Crippen molar-refractivity contribution in [2.45, 2.75) is 0 Å². The number of nitrogens with one attached hydrogen (secondary N) is 2. The van der Waals surface area contributed by atoms with Gasteiger partial charge in [0.1, 0.15) is 5.76 Å². The summed E-state index contributed by atoms with van der Waals surface area (Å²) in [6.07, 6.45) is 2.72. The van der Waals surface area contributed by atoms with Crippen molar-refractivity contribution in [1.29, 1.82) is 0 Å². The number of rotatable bonds is 3. The summed E-state index contributed by atoms with van der Waals surface area (Å²) in [6.45, 7) is 0. The lowest BCUT2D eigenvalue weighted by atomic mass is 10.3. The summed E-state index contributed by atoms with van der Waals surface area (Å²) in [4.78, 5) is 23.1. The van der Waals surface area contributed by atoms with Gasteiger partial charge in [-0.3, -0.25) is 9.59 Å². The van der Waals surface area contributed by atoms with Crippen LogP contribution in [-0.2, 0) is 9.59 Å². The first kappa shape index (κ1) is 15.1. The maximum atomic E-state index is 11.6. The highest BCUT2D eigenvalue weighted by atomic mass is 35.5. The average Bonchev–Trinajstić information content (AvgIpc) is 2.90. The number of anilines is 1. The molecule has 8 heteroatoms. The Bertz CT molecular complexity index is 664. The predicted octanol–water partition coefficient (Wildman–Crippen LogP) is 2.68. The zero-order valence-corrected chi connectivity index (χ0v) is 12.0. The topological polar surface area (TPSA) is 83.7 Å². The number of halogens is 2. The summed E-state index contributed by atoms with van der Waals surface area (Å²) >= 11 is 11.6. The molecule has 21 heavy (non-hydrogen) atoms. The van der Waals surface area contributed by atoms with E-state index < -0.39 is 11.8 Å². The summed E-state index contributed by atoms with van der Waals surface area (Å²) < 4.78 is 4.97. The fraction of sp³-hybridized carbons (Fsp3) is 0. The van der Waals surface area contributed by atoms with Crippen LogP contribution < -0.4 is 10.7 Å². The average molecular weight is 326 g/mol. The van der Waals surface area contributed by atoms with Crippen molar-refractivity contribution in [3.05, 3.63) is 52.4 Å². The van der Waals surface area contributed by atoms with Crippen LogP contribution >= 0.6 is 23.2 Å². The number of carbonyl (C=O) groups excluding carboxylic acids is 2. The van der Waals surface area contributed by atoms with Crippen LogP contribution in [0.3, 0.4) is 0 Å². The van der Waals surface area contributed by atoms with Crippen molar-refractivity contribution in [3.63, 3.8) is 0 Å². The normalized spacial score (nSPS) is 10.6. The highest BCUT2D eigenvalue weighted by Gasteiger charge is 2.13. The standard InChI is InChI=1S/C13H9Cl2N3O3/c14-8-4-9(15)6-10(5-8)17-12(19)13(20)18-16-7-11-2-1-3-21-11/h1-7H,(H,17,19)(H,18,20)/b16-7-. The van der Waals surface area contributed by atoms with Gasteiger partial charge in [-0.05, 0) is 30.3 Å². The Hall–Kier alpha value is -2.31. The van der Waals surface area contributed by atoms with Crippen molar-refractivity contribution >= 4 is 46.9 Å². The third-order valence-electron chi connectivity index (χ3n) is 2.23. The molecule has 1 aromatic carbocycles. The molecule has 2 N–H and O–H groups in total. The lowest BCUT2D eigenvalue weighted by molar-refractivity contribution is -0.136. The molecule has 0 bridgehead atoms. The highest BCUT2D eigenvalue weighted by Crippen LogP contribution is 2.22. The van der Waals surface area contributed by atoms with Gasteiger partial charge >= 0.3 is 11.8 Å². The van der Waals surface area contributed by atoms with Crippen molar-refractivity contribution in [1.82, 2.24) is 5.43 Å². The molecule has 0 saturated heterocycles. The molecule has 0 atom stereocenters. The largest absolute Gasteiger partial charge is 0.463 e. The molecule has 0 fully saturated rings. The van der Waals surface area contributed by atoms with Crippen LogP contribution in [0.4, 0.5) is 5.69 Å². The molecule has 108 valence electrons. The molecule has 0 aliphatic carbocycles. The van der Waals surface area contributed by atoms with Gasteiger partial charge in [0, 0.05) is 15.7 Å². The molecular weight excluding hydrogens is 317 g/mol. The lowest BCUT2D eigenvalue weighted by Gasteiger charge is -2.05. The Labute approximate surface area is 129 Å². The summed E-state index contributed by atoms with van der Waals surface area (Å²) in [5.74, 6) is -1.39. The third-order valence-corrected chi connectivity index (χ3v) is 2.66. The maximum Gasteiger partial charge on any atom is 0.329 e. The van der Waals surface area contributed by atoms with Gasteiger partial charge in [0.05, 0.1) is 12.5 Å². The minimum Gasteiger partial charge on any atom is -0.463 e. The number of hydrazone groups is 1. The van der Waals surface area contributed by atoms with Crippen LogP contribution in [-0.4, -0.2) is 18.0 Å². The minimum absolute atomic E-state index is 0.308. The van der Waals surface area contributed by atoms with Crippen LogP contribution in [0.2, 0.25) is 10.0 Å². The molecule has 0 spiro atoms. The summed E-state index contributed by atoms with van der Waals surface area (Å²) in [7, 11) is 0. The molecule has 0 radical (unpaired) electrons. The smallest absolute Gasteiger partial charge is 0.329 e. The molecule has 0 saturated carbocycles. The number of hydrogen-bond acceptors (Lipinski definition) is 4. The Morgan fingerprint density at radius 3 is 2.48 bits per heavy atom. The van der Waals surface area contributed by atoms with Gasteiger partial charge in [0.2, 0.25) is 0 Å². The summed E-state index contributed by atoms with van der Waals surface area (Å²) in [5, 5.41) is 6.61. The second kappa shape index (κ2) is 6.92. The van der Waals surface area contributed by atoms with Gasteiger partial charge in [0.15, 0.2) is 0 Å². The van der Waals surface area contributed by atoms with E-state index in [-0.39, 0.29) is 0 Å². The first-order valence-electron chi connectivity index (χ1n) is 5.68. The predicted molar refractivity (Wildman–Crippen MR) is 79.5 cm³/mol. The minimum atomic E-state index is -0.936. The Balaban J connectivity index is 1.92. The first-order valence-corrected chi connectivity index (χ1v) is 6.44. The van der Waals surface area contributed by atoms with Gasteiger partial charge in [0.25, 0.3) is 0 Å². The van der Waals surface area contributed by atoms with Crippen molar-refractivity contribution in [3.8, 4) is 0 Å². The number of furan rings is 1. The Kier molecular flexibility index (Phi) is 4.97. The molecule has 0 unspecified atom stereocenters. The number of nitrogens with zero attached hydrogens (tertiary/aromatic N) is 1. The van der Waals surface area contributed by atoms with E-state index in [2.05, 4.69) is 15.8 Å². The number of carbonyl (C=O) groups is 2. The summed E-state index contributed by atoms with van der Waals surface area (Å²) in [5.41, 5.74) is 2.37. The molecule has 0 aliphatic rings. The second-order valence-corrected chi connectivity index (χ2v) is 4.70. The quantitative estimate of drug-likeness (QED) is 0.517. The molecule has 1 heterocycles. The van der Waals surface area contributed by atoms with Gasteiger partial charge < -0.3 is 9.73 Å². The second-order valence-electron chi connectivity index (χ2n) is 3.83. The van der Waals surface area contributed by atoms with Crippen LogP contribution in [0.1, 0.15) is 5.76 Å². The van der Waals surface area contributed by atoms with Gasteiger partial charge in [-0.15, -0.1) is 0 Å². The number of hydrogen-bond donors (Lipinski definition) is 2. The molecule has 0 aliphatic heterocycles. The highest BCUT2D eigenvalue weighted by molar-refractivity contribution is 6.40. The molecule has 2 amide bonds. The number of amides is 2. The Morgan fingerprint density at radius 1 is 1.14 bits per heavy atom. The molecule has 2 rings (SSSR count). The summed E-state index contributed by atoms with van der Waals surface area (Å²) in [6, 6.07) is 7.74. The molecular formula is C13H9Cl2N3O3. The molecule has 6 nitrogen and oxygen atoms in total.